The summed E-state index contributed by atoms with van der Waals surface area (Å²) in [5, 5.41) is 2.09. The summed E-state index contributed by atoms with van der Waals surface area (Å²) in [6.45, 7) is 1.25. The predicted molar refractivity (Wildman–Crippen MR) is 38.5 cm³/mol. The topological polar surface area (TPSA) is 29.1 Å². The molecule has 12 heavy (non-hydrogen) atoms. The molecule has 0 aliphatic heterocycles. The average Bonchev–Trinajstić information content (AvgIpc) is 1.84. The van der Waals surface area contributed by atoms with Gasteiger partial charge in [-0.05, 0) is 13.0 Å². The van der Waals surface area contributed by atoms with Crippen molar-refractivity contribution >= 4 is 5.91 Å². The molecule has 0 spiro atoms. The van der Waals surface area contributed by atoms with Gasteiger partial charge < -0.3 is 5.32 Å². The Balaban J connectivity index is 3.51. The summed E-state index contributed by atoms with van der Waals surface area (Å²) in [5.74, 6) is -0.498. The minimum atomic E-state index is -4.21. The van der Waals surface area contributed by atoms with Crippen LogP contribution in [0.4, 0.5) is 13.2 Å². The number of allylic oxidation sites excluding steroid dienone is 1. The molecule has 0 bridgehead atoms. The van der Waals surface area contributed by atoms with Crippen LogP contribution in [0.1, 0.15) is 13.3 Å². The Morgan fingerprint density at radius 1 is 1.50 bits per heavy atom. The maximum atomic E-state index is 11.5. The molecule has 0 aliphatic rings. The van der Waals surface area contributed by atoms with Crippen molar-refractivity contribution in [2.75, 3.05) is 6.54 Å². The first-order valence-electron chi connectivity index (χ1n) is 3.43. The van der Waals surface area contributed by atoms with E-state index in [1.807, 2.05) is 0 Å². The molecule has 0 aromatic heterocycles. The number of carbonyl (C=O) groups is 1. The summed E-state index contributed by atoms with van der Waals surface area (Å²) in [6.07, 6.45) is -2.56. The smallest absolute Gasteiger partial charge is 0.352 e. The molecule has 0 aromatic rings. The highest BCUT2D eigenvalue weighted by atomic mass is 19.4. The summed E-state index contributed by atoms with van der Waals surface area (Å²) in [5.41, 5.74) is 0. The van der Waals surface area contributed by atoms with Crippen molar-refractivity contribution in [3.05, 3.63) is 12.2 Å². The van der Waals surface area contributed by atoms with Gasteiger partial charge in [-0.25, -0.2) is 0 Å². The molecule has 1 N–H and O–H groups in total. The van der Waals surface area contributed by atoms with E-state index in [0.29, 0.717) is 0 Å². The Hall–Kier alpha value is -1.00. The zero-order chi connectivity index (χ0) is 9.61. The van der Waals surface area contributed by atoms with Gasteiger partial charge >= 0.3 is 6.18 Å². The highest BCUT2D eigenvalue weighted by Gasteiger charge is 2.26. The zero-order valence-electron chi connectivity index (χ0n) is 6.61. The molecule has 0 rings (SSSR count). The van der Waals surface area contributed by atoms with E-state index in [1.54, 1.807) is 6.92 Å². The molecule has 0 radical (unpaired) electrons. The van der Waals surface area contributed by atoms with Crippen molar-refractivity contribution in [3.8, 4) is 0 Å². The summed E-state index contributed by atoms with van der Waals surface area (Å²) < 4.78 is 34.6. The quantitative estimate of drug-likeness (QED) is 0.659. The SMILES string of the molecule is CC=CC(=O)NCCC(F)(F)F. The maximum Gasteiger partial charge on any atom is 0.390 e. The number of carbonyl (C=O) groups excluding carboxylic acids is 1. The molecule has 70 valence electrons. The van der Waals surface area contributed by atoms with Gasteiger partial charge in [0.2, 0.25) is 5.91 Å². The Morgan fingerprint density at radius 3 is 2.50 bits per heavy atom. The van der Waals surface area contributed by atoms with Crippen LogP contribution in [0, 0.1) is 0 Å². The number of amides is 1. The van der Waals surface area contributed by atoms with E-state index in [0.717, 1.165) is 0 Å². The second-order valence-corrected chi connectivity index (χ2v) is 2.16. The Kier molecular flexibility index (Phi) is 4.39. The number of alkyl halides is 3. The second-order valence-electron chi connectivity index (χ2n) is 2.16. The van der Waals surface area contributed by atoms with E-state index < -0.39 is 18.5 Å². The van der Waals surface area contributed by atoms with E-state index in [9.17, 15) is 18.0 Å². The number of hydrogen-bond donors (Lipinski definition) is 1. The van der Waals surface area contributed by atoms with Gasteiger partial charge in [-0.1, -0.05) is 6.08 Å². The number of rotatable bonds is 3. The van der Waals surface area contributed by atoms with Crippen LogP contribution in [0.2, 0.25) is 0 Å². The molecule has 0 fully saturated rings. The predicted octanol–water partition coefficient (Wildman–Crippen LogP) is 1.63. The number of hydrogen-bond acceptors (Lipinski definition) is 1. The van der Waals surface area contributed by atoms with Crippen LogP contribution < -0.4 is 5.32 Å². The van der Waals surface area contributed by atoms with Crippen LogP contribution in [0.5, 0.6) is 0 Å². The van der Waals surface area contributed by atoms with Gasteiger partial charge in [0.15, 0.2) is 0 Å². The third kappa shape index (κ3) is 7.11. The molecule has 0 saturated heterocycles. The lowest BCUT2D eigenvalue weighted by atomic mass is 10.4. The summed E-state index contributed by atoms with van der Waals surface area (Å²) in [4.78, 5) is 10.6. The lowest BCUT2D eigenvalue weighted by molar-refractivity contribution is -0.134. The van der Waals surface area contributed by atoms with Crippen LogP contribution in [0.3, 0.4) is 0 Å². The highest BCUT2D eigenvalue weighted by Crippen LogP contribution is 2.17. The zero-order valence-corrected chi connectivity index (χ0v) is 6.61. The minimum Gasteiger partial charge on any atom is -0.352 e. The number of halogens is 3. The van der Waals surface area contributed by atoms with Crippen molar-refractivity contribution in [1.82, 2.24) is 5.32 Å². The highest BCUT2D eigenvalue weighted by molar-refractivity contribution is 5.87. The van der Waals surface area contributed by atoms with Crippen molar-refractivity contribution < 1.29 is 18.0 Å². The van der Waals surface area contributed by atoms with Crippen LogP contribution in [0.25, 0.3) is 0 Å². The van der Waals surface area contributed by atoms with Gasteiger partial charge in [-0.15, -0.1) is 0 Å². The molecule has 1 amide bonds. The monoisotopic (exact) mass is 181 g/mol. The van der Waals surface area contributed by atoms with Crippen LogP contribution in [-0.4, -0.2) is 18.6 Å². The van der Waals surface area contributed by atoms with Crippen LogP contribution >= 0.6 is 0 Å². The summed E-state index contributed by atoms with van der Waals surface area (Å²) in [7, 11) is 0. The first-order valence-corrected chi connectivity index (χ1v) is 3.43. The van der Waals surface area contributed by atoms with Crippen LogP contribution in [0.15, 0.2) is 12.2 Å². The first-order chi connectivity index (χ1) is 5.45. The fraction of sp³-hybridized carbons (Fsp3) is 0.571. The third-order valence-corrected chi connectivity index (χ3v) is 1.03. The lowest BCUT2D eigenvalue weighted by Gasteiger charge is -2.05. The van der Waals surface area contributed by atoms with Crippen molar-refractivity contribution in [2.24, 2.45) is 0 Å². The third-order valence-electron chi connectivity index (χ3n) is 1.03. The van der Waals surface area contributed by atoms with Gasteiger partial charge in [0.25, 0.3) is 0 Å². The van der Waals surface area contributed by atoms with Crippen molar-refractivity contribution in [3.63, 3.8) is 0 Å². The molecular formula is C7H10F3NO. The van der Waals surface area contributed by atoms with Crippen molar-refractivity contribution in [2.45, 2.75) is 19.5 Å². The fourth-order valence-electron chi connectivity index (χ4n) is 0.538. The van der Waals surface area contributed by atoms with E-state index in [1.165, 1.54) is 12.2 Å². The van der Waals surface area contributed by atoms with E-state index in [2.05, 4.69) is 5.32 Å². The standard InChI is InChI=1S/C7H10F3NO/c1-2-3-6(12)11-5-4-7(8,9)10/h2-3H,4-5H2,1H3,(H,11,12). The molecular weight excluding hydrogens is 171 g/mol. The van der Waals surface area contributed by atoms with E-state index in [-0.39, 0.29) is 6.54 Å². The number of nitrogens with one attached hydrogen (secondary N) is 1. The lowest BCUT2D eigenvalue weighted by Crippen LogP contribution is -2.26. The Bertz CT molecular complexity index is 174. The fourth-order valence-corrected chi connectivity index (χ4v) is 0.538. The summed E-state index contributed by atoms with van der Waals surface area (Å²) >= 11 is 0. The maximum absolute atomic E-state index is 11.5. The summed E-state index contributed by atoms with van der Waals surface area (Å²) in [6, 6.07) is 0. The second kappa shape index (κ2) is 4.79. The Morgan fingerprint density at radius 2 is 2.08 bits per heavy atom. The van der Waals surface area contributed by atoms with Gasteiger partial charge in [-0.2, -0.15) is 13.2 Å². The largest absolute Gasteiger partial charge is 0.390 e. The Labute approximate surface area is 68.4 Å². The molecule has 0 saturated carbocycles. The molecule has 5 heteroatoms. The molecule has 0 unspecified atom stereocenters. The van der Waals surface area contributed by atoms with E-state index in [4.69, 9.17) is 0 Å². The molecule has 0 aliphatic carbocycles. The first kappa shape index (κ1) is 11.0. The molecule has 0 atom stereocenters. The average molecular weight is 181 g/mol. The minimum absolute atomic E-state index is 0.368. The van der Waals surface area contributed by atoms with Crippen molar-refractivity contribution in [1.29, 1.82) is 0 Å². The van der Waals surface area contributed by atoms with Gasteiger partial charge in [-0.3, -0.25) is 4.79 Å². The molecule has 2 nitrogen and oxygen atoms in total. The molecule has 0 aromatic carbocycles. The van der Waals surface area contributed by atoms with E-state index >= 15 is 0 Å². The van der Waals surface area contributed by atoms with Gasteiger partial charge in [0.05, 0.1) is 6.42 Å². The normalized spacial score (nSPS) is 12.0. The van der Waals surface area contributed by atoms with Gasteiger partial charge in [0, 0.05) is 6.54 Å². The van der Waals surface area contributed by atoms with Gasteiger partial charge in [0.1, 0.15) is 0 Å². The molecule has 0 heterocycles. The van der Waals surface area contributed by atoms with Crippen LogP contribution in [-0.2, 0) is 4.79 Å².